The second-order valence-corrected chi connectivity index (χ2v) is 7.29. The van der Waals surface area contributed by atoms with Crippen LogP contribution in [0.5, 0.6) is 5.75 Å². The molecule has 2 aliphatic carbocycles. The van der Waals surface area contributed by atoms with Crippen molar-refractivity contribution in [2.75, 3.05) is 13.1 Å². The van der Waals surface area contributed by atoms with E-state index < -0.39 is 0 Å². The number of nitrogens with zero attached hydrogens (tertiary/aromatic N) is 1. The standard InChI is InChI=1S/C19H28N2O2/c1-2-14(1)18-13-21-12-9-19(18)23-16-5-3-15(4-6-16)22-17-7-10-20-11-8-17/h9,12-17,20H,1-8,10-11H2. The van der Waals surface area contributed by atoms with Crippen molar-refractivity contribution < 1.29 is 9.47 Å². The summed E-state index contributed by atoms with van der Waals surface area (Å²) >= 11 is 0. The van der Waals surface area contributed by atoms with Crippen molar-refractivity contribution in [1.82, 2.24) is 10.3 Å². The van der Waals surface area contributed by atoms with E-state index in [2.05, 4.69) is 10.3 Å². The first-order valence-corrected chi connectivity index (χ1v) is 9.35. The second-order valence-electron chi connectivity index (χ2n) is 7.29. The van der Waals surface area contributed by atoms with Crippen LogP contribution in [0.2, 0.25) is 0 Å². The highest BCUT2D eigenvalue weighted by Gasteiger charge is 2.30. The summed E-state index contributed by atoms with van der Waals surface area (Å²) in [5.74, 6) is 1.77. The molecule has 0 unspecified atom stereocenters. The van der Waals surface area contributed by atoms with Gasteiger partial charge in [-0.2, -0.15) is 0 Å². The first-order chi connectivity index (χ1) is 11.4. The maximum absolute atomic E-state index is 6.32. The van der Waals surface area contributed by atoms with Crippen molar-refractivity contribution in [3.05, 3.63) is 24.0 Å². The lowest BCUT2D eigenvalue weighted by atomic mass is 9.94. The molecule has 23 heavy (non-hydrogen) atoms. The molecule has 4 heteroatoms. The fraction of sp³-hybridized carbons (Fsp3) is 0.737. The smallest absolute Gasteiger partial charge is 0.126 e. The Balaban J connectivity index is 1.26. The van der Waals surface area contributed by atoms with Crippen molar-refractivity contribution in [3.8, 4) is 5.75 Å². The molecule has 2 heterocycles. The second kappa shape index (κ2) is 7.18. The first-order valence-electron chi connectivity index (χ1n) is 9.35. The normalized spacial score (nSPS) is 29.4. The van der Waals surface area contributed by atoms with Gasteiger partial charge < -0.3 is 14.8 Å². The Bertz CT molecular complexity index is 504. The van der Waals surface area contributed by atoms with Gasteiger partial charge in [-0.15, -0.1) is 0 Å². The zero-order valence-electron chi connectivity index (χ0n) is 13.9. The molecule has 0 spiro atoms. The van der Waals surface area contributed by atoms with Crippen molar-refractivity contribution in [3.63, 3.8) is 0 Å². The maximum Gasteiger partial charge on any atom is 0.126 e. The lowest BCUT2D eigenvalue weighted by Crippen LogP contribution is -2.37. The minimum absolute atomic E-state index is 0.350. The molecule has 4 rings (SSSR count). The van der Waals surface area contributed by atoms with Gasteiger partial charge in [0, 0.05) is 18.0 Å². The number of rotatable bonds is 5. The molecular formula is C19H28N2O2. The van der Waals surface area contributed by atoms with E-state index in [1.165, 1.54) is 18.4 Å². The lowest BCUT2D eigenvalue weighted by Gasteiger charge is -2.33. The largest absolute Gasteiger partial charge is 0.490 e. The number of nitrogens with one attached hydrogen (secondary N) is 1. The van der Waals surface area contributed by atoms with Crippen molar-refractivity contribution in [2.24, 2.45) is 0 Å². The van der Waals surface area contributed by atoms with Crippen LogP contribution in [0.15, 0.2) is 18.5 Å². The van der Waals surface area contributed by atoms with Gasteiger partial charge in [-0.05, 0) is 76.4 Å². The minimum Gasteiger partial charge on any atom is -0.490 e. The van der Waals surface area contributed by atoms with E-state index >= 15 is 0 Å². The van der Waals surface area contributed by atoms with E-state index in [1.807, 2.05) is 18.5 Å². The lowest BCUT2D eigenvalue weighted by molar-refractivity contribution is -0.0549. The Morgan fingerprint density at radius 1 is 0.870 bits per heavy atom. The molecule has 1 aromatic heterocycles. The molecule has 0 bridgehead atoms. The quantitative estimate of drug-likeness (QED) is 0.904. The highest BCUT2D eigenvalue weighted by Crippen LogP contribution is 2.44. The van der Waals surface area contributed by atoms with Crippen LogP contribution in [-0.4, -0.2) is 36.4 Å². The summed E-state index contributed by atoms with van der Waals surface area (Å²) in [5.41, 5.74) is 1.32. The number of aromatic nitrogens is 1. The fourth-order valence-corrected chi connectivity index (χ4v) is 3.87. The Hall–Kier alpha value is -1.13. The van der Waals surface area contributed by atoms with Gasteiger partial charge >= 0.3 is 0 Å². The third-order valence-corrected chi connectivity index (χ3v) is 5.41. The summed E-state index contributed by atoms with van der Waals surface area (Å²) in [6.07, 6.45) is 14.5. The number of ether oxygens (including phenoxy) is 2. The van der Waals surface area contributed by atoms with Crippen LogP contribution in [0, 0.1) is 0 Å². The van der Waals surface area contributed by atoms with E-state index in [0.717, 1.165) is 57.4 Å². The Morgan fingerprint density at radius 2 is 1.57 bits per heavy atom. The monoisotopic (exact) mass is 316 g/mol. The highest BCUT2D eigenvalue weighted by molar-refractivity contribution is 5.36. The van der Waals surface area contributed by atoms with Gasteiger partial charge in [0.15, 0.2) is 0 Å². The third kappa shape index (κ3) is 4.04. The van der Waals surface area contributed by atoms with Crippen molar-refractivity contribution >= 4 is 0 Å². The van der Waals surface area contributed by atoms with Crippen LogP contribution in [0.1, 0.15) is 62.8 Å². The average Bonchev–Trinajstić information content (AvgIpc) is 3.43. The Morgan fingerprint density at radius 3 is 2.30 bits per heavy atom. The van der Waals surface area contributed by atoms with Gasteiger partial charge in [0.05, 0.1) is 18.3 Å². The van der Waals surface area contributed by atoms with Gasteiger partial charge in [0.25, 0.3) is 0 Å². The molecule has 126 valence electrons. The number of pyridine rings is 1. The molecule has 0 aromatic carbocycles. The third-order valence-electron chi connectivity index (χ3n) is 5.41. The van der Waals surface area contributed by atoms with E-state index in [0.29, 0.717) is 24.2 Å². The molecule has 1 aromatic rings. The van der Waals surface area contributed by atoms with E-state index in [1.54, 1.807) is 0 Å². The van der Waals surface area contributed by atoms with Gasteiger partial charge in [-0.1, -0.05) is 0 Å². The summed E-state index contributed by atoms with van der Waals surface area (Å²) in [6, 6.07) is 2.05. The fourth-order valence-electron chi connectivity index (χ4n) is 3.87. The summed E-state index contributed by atoms with van der Waals surface area (Å²) in [5, 5.41) is 3.40. The highest BCUT2D eigenvalue weighted by atomic mass is 16.5. The zero-order chi connectivity index (χ0) is 15.5. The van der Waals surface area contributed by atoms with Crippen molar-refractivity contribution in [2.45, 2.75) is 75.6 Å². The van der Waals surface area contributed by atoms with E-state index in [-0.39, 0.29) is 0 Å². The molecule has 4 nitrogen and oxygen atoms in total. The molecule has 3 fully saturated rings. The van der Waals surface area contributed by atoms with Crippen LogP contribution in [0.4, 0.5) is 0 Å². The van der Waals surface area contributed by atoms with Gasteiger partial charge in [-0.25, -0.2) is 0 Å². The number of hydrogen-bond acceptors (Lipinski definition) is 4. The Kier molecular flexibility index (Phi) is 4.81. The van der Waals surface area contributed by atoms with Gasteiger partial charge in [0.2, 0.25) is 0 Å². The summed E-state index contributed by atoms with van der Waals surface area (Å²) in [6.45, 7) is 2.21. The topological polar surface area (TPSA) is 43.4 Å². The molecule has 1 saturated heterocycles. The molecular weight excluding hydrogens is 288 g/mol. The first kappa shape index (κ1) is 15.4. The van der Waals surface area contributed by atoms with E-state index in [9.17, 15) is 0 Å². The van der Waals surface area contributed by atoms with Crippen LogP contribution in [0.25, 0.3) is 0 Å². The average molecular weight is 316 g/mol. The van der Waals surface area contributed by atoms with Crippen LogP contribution < -0.4 is 10.1 Å². The van der Waals surface area contributed by atoms with Gasteiger partial charge in [-0.3, -0.25) is 4.98 Å². The van der Waals surface area contributed by atoms with Crippen LogP contribution in [0.3, 0.4) is 0 Å². The molecule has 0 radical (unpaired) electrons. The predicted molar refractivity (Wildman–Crippen MR) is 89.9 cm³/mol. The van der Waals surface area contributed by atoms with Gasteiger partial charge in [0.1, 0.15) is 5.75 Å². The zero-order valence-corrected chi connectivity index (χ0v) is 13.9. The molecule has 0 amide bonds. The predicted octanol–water partition coefficient (Wildman–Crippen LogP) is 3.42. The molecule has 1 aliphatic heterocycles. The molecule has 0 atom stereocenters. The van der Waals surface area contributed by atoms with E-state index in [4.69, 9.17) is 9.47 Å². The van der Waals surface area contributed by atoms with Crippen LogP contribution in [-0.2, 0) is 4.74 Å². The maximum atomic E-state index is 6.32. The molecule has 1 N–H and O–H groups in total. The minimum atomic E-state index is 0.350. The Labute approximate surface area is 139 Å². The van der Waals surface area contributed by atoms with Crippen LogP contribution >= 0.6 is 0 Å². The SMILES string of the molecule is c1cc(OC2CCC(OC3CCNCC3)CC2)c(C2CC2)cn1. The summed E-state index contributed by atoms with van der Waals surface area (Å²) < 4.78 is 12.6. The molecule has 2 saturated carbocycles. The molecule has 3 aliphatic rings. The number of hydrogen-bond donors (Lipinski definition) is 1. The summed E-state index contributed by atoms with van der Waals surface area (Å²) in [4.78, 5) is 4.27. The number of piperidine rings is 1. The van der Waals surface area contributed by atoms with Crippen molar-refractivity contribution in [1.29, 1.82) is 0 Å². The summed E-state index contributed by atoms with van der Waals surface area (Å²) in [7, 11) is 0.